The molecule has 0 aliphatic carbocycles. The van der Waals surface area contributed by atoms with Gasteiger partial charge in [-0.2, -0.15) is 0 Å². The van der Waals surface area contributed by atoms with Crippen LogP contribution in [-0.4, -0.2) is 17.3 Å². The van der Waals surface area contributed by atoms with Crippen molar-refractivity contribution in [2.75, 3.05) is 6.26 Å². The molecule has 0 aromatic heterocycles. The summed E-state index contributed by atoms with van der Waals surface area (Å²) < 4.78 is 13.9. The van der Waals surface area contributed by atoms with E-state index in [0.29, 0.717) is 9.37 Å². The summed E-state index contributed by atoms with van der Waals surface area (Å²) in [7, 11) is 0. The van der Waals surface area contributed by atoms with E-state index in [1.54, 1.807) is 6.26 Å². The van der Waals surface area contributed by atoms with Crippen LogP contribution in [0.3, 0.4) is 0 Å². The van der Waals surface area contributed by atoms with E-state index in [1.165, 1.54) is 23.9 Å². The molecule has 1 aromatic carbocycles. The summed E-state index contributed by atoms with van der Waals surface area (Å²) in [6, 6.07) is 2.76. The fourth-order valence-corrected chi connectivity index (χ4v) is 2.23. The molecule has 0 fully saturated rings. The van der Waals surface area contributed by atoms with Gasteiger partial charge in [-0.05, 0) is 34.3 Å². The minimum absolute atomic E-state index is 0.299. The lowest BCUT2D eigenvalue weighted by Crippen LogP contribution is -2.01. The van der Waals surface area contributed by atoms with Gasteiger partial charge >= 0.3 is 5.97 Å². The van der Waals surface area contributed by atoms with Crippen LogP contribution < -0.4 is 0 Å². The van der Waals surface area contributed by atoms with Gasteiger partial charge in [0.2, 0.25) is 0 Å². The predicted octanol–water partition coefficient (Wildman–Crippen LogP) is 3.01. The highest BCUT2D eigenvalue weighted by atomic mass is 79.9. The van der Waals surface area contributed by atoms with Crippen molar-refractivity contribution < 1.29 is 14.3 Å². The number of carboxylic acids is 1. The smallest absolute Gasteiger partial charge is 0.338 e. The SMILES string of the molecule is CSc1c(Br)ccc(C(=O)O)c1F. The first kappa shape index (κ1) is 10.5. The summed E-state index contributed by atoms with van der Waals surface area (Å²) >= 11 is 4.31. The second kappa shape index (κ2) is 4.11. The van der Waals surface area contributed by atoms with Crippen LogP contribution in [0.2, 0.25) is 0 Å². The minimum Gasteiger partial charge on any atom is -0.478 e. The lowest BCUT2D eigenvalue weighted by atomic mass is 10.2. The Morgan fingerprint density at radius 2 is 2.23 bits per heavy atom. The van der Waals surface area contributed by atoms with Gasteiger partial charge in [0.1, 0.15) is 0 Å². The summed E-state index contributed by atoms with van der Waals surface area (Å²) in [5.74, 6) is -1.94. The third-order valence-corrected chi connectivity index (χ3v) is 3.21. The number of aromatic carboxylic acids is 1. The third-order valence-electron chi connectivity index (χ3n) is 1.48. The summed E-state index contributed by atoms with van der Waals surface area (Å²) in [4.78, 5) is 10.9. The van der Waals surface area contributed by atoms with E-state index in [-0.39, 0.29) is 5.56 Å². The third kappa shape index (κ3) is 2.03. The monoisotopic (exact) mass is 264 g/mol. The zero-order valence-electron chi connectivity index (χ0n) is 6.67. The van der Waals surface area contributed by atoms with Crippen molar-refractivity contribution in [3.05, 3.63) is 28.0 Å². The molecule has 0 heterocycles. The van der Waals surface area contributed by atoms with Gasteiger partial charge in [-0.3, -0.25) is 0 Å². The van der Waals surface area contributed by atoms with Crippen molar-refractivity contribution in [3.63, 3.8) is 0 Å². The van der Waals surface area contributed by atoms with Gasteiger partial charge in [0.15, 0.2) is 5.82 Å². The van der Waals surface area contributed by atoms with Crippen LogP contribution in [0.25, 0.3) is 0 Å². The number of thioether (sulfide) groups is 1. The Labute approximate surface area is 87.3 Å². The molecule has 0 radical (unpaired) electrons. The van der Waals surface area contributed by atoms with E-state index in [4.69, 9.17) is 5.11 Å². The van der Waals surface area contributed by atoms with Gasteiger partial charge in [-0.1, -0.05) is 0 Å². The van der Waals surface area contributed by atoms with E-state index in [9.17, 15) is 9.18 Å². The maximum Gasteiger partial charge on any atom is 0.338 e. The van der Waals surface area contributed by atoms with Gasteiger partial charge < -0.3 is 5.11 Å². The number of halogens is 2. The molecule has 0 spiro atoms. The molecule has 0 bridgehead atoms. The van der Waals surface area contributed by atoms with E-state index >= 15 is 0 Å². The molecule has 0 saturated heterocycles. The highest BCUT2D eigenvalue weighted by Crippen LogP contribution is 2.30. The molecular weight excluding hydrogens is 259 g/mol. The quantitative estimate of drug-likeness (QED) is 0.835. The maximum atomic E-state index is 13.4. The van der Waals surface area contributed by atoms with Crippen LogP contribution in [-0.2, 0) is 0 Å². The highest BCUT2D eigenvalue weighted by molar-refractivity contribution is 9.10. The van der Waals surface area contributed by atoms with Crippen LogP contribution in [0, 0.1) is 5.82 Å². The molecule has 70 valence electrons. The first-order valence-corrected chi connectivity index (χ1v) is 5.35. The molecule has 0 amide bonds. The van der Waals surface area contributed by atoms with Crippen molar-refractivity contribution >= 4 is 33.7 Å². The van der Waals surface area contributed by atoms with Crippen LogP contribution in [0.4, 0.5) is 4.39 Å². The zero-order valence-corrected chi connectivity index (χ0v) is 9.08. The Bertz CT molecular complexity index is 354. The maximum absolute atomic E-state index is 13.4. The lowest BCUT2D eigenvalue weighted by Gasteiger charge is -2.04. The van der Waals surface area contributed by atoms with E-state index in [2.05, 4.69) is 15.9 Å². The fraction of sp³-hybridized carbons (Fsp3) is 0.125. The molecular formula is C8H6BrFO2S. The van der Waals surface area contributed by atoms with Crippen LogP contribution in [0.15, 0.2) is 21.5 Å². The molecule has 0 saturated carbocycles. The first-order valence-electron chi connectivity index (χ1n) is 3.33. The van der Waals surface area contributed by atoms with Gasteiger partial charge in [0.05, 0.1) is 10.5 Å². The highest BCUT2D eigenvalue weighted by Gasteiger charge is 2.15. The molecule has 1 N–H and O–H groups in total. The molecule has 1 aromatic rings. The van der Waals surface area contributed by atoms with Crippen LogP contribution in [0.5, 0.6) is 0 Å². The number of carboxylic acid groups (broad SMARTS) is 1. The van der Waals surface area contributed by atoms with Gasteiger partial charge in [0, 0.05) is 4.47 Å². The second-order valence-electron chi connectivity index (χ2n) is 2.25. The Morgan fingerprint density at radius 1 is 1.62 bits per heavy atom. The number of rotatable bonds is 2. The lowest BCUT2D eigenvalue weighted by molar-refractivity contribution is 0.0691. The van der Waals surface area contributed by atoms with Crippen molar-refractivity contribution in [1.82, 2.24) is 0 Å². The van der Waals surface area contributed by atoms with Crippen molar-refractivity contribution in [2.45, 2.75) is 4.90 Å². The van der Waals surface area contributed by atoms with Gasteiger partial charge in [0.25, 0.3) is 0 Å². The number of carbonyl (C=O) groups is 1. The van der Waals surface area contributed by atoms with E-state index < -0.39 is 11.8 Å². The molecule has 2 nitrogen and oxygen atoms in total. The van der Waals surface area contributed by atoms with Crippen molar-refractivity contribution in [2.24, 2.45) is 0 Å². The Kier molecular flexibility index (Phi) is 3.33. The average Bonchev–Trinajstić information content (AvgIpc) is 2.04. The molecule has 0 unspecified atom stereocenters. The summed E-state index contributed by atoms with van der Waals surface area (Å²) in [5, 5.41) is 8.61. The van der Waals surface area contributed by atoms with E-state index in [1.807, 2.05) is 0 Å². The fourth-order valence-electron chi connectivity index (χ4n) is 0.885. The van der Waals surface area contributed by atoms with Crippen molar-refractivity contribution in [3.8, 4) is 0 Å². The zero-order chi connectivity index (χ0) is 10.0. The number of hydrogen-bond acceptors (Lipinski definition) is 2. The normalized spacial score (nSPS) is 10.1. The molecule has 1 rings (SSSR count). The van der Waals surface area contributed by atoms with E-state index in [0.717, 1.165) is 0 Å². The summed E-state index contributed by atoms with van der Waals surface area (Å²) in [6.45, 7) is 0. The Hall–Kier alpha value is -0.550. The topological polar surface area (TPSA) is 37.3 Å². The molecule has 0 atom stereocenters. The molecule has 13 heavy (non-hydrogen) atoms. The second-order valence-corrected chi connectivity index (χ2v) is 3.92. The van der Waals surface area contributed by atoms with Crippen LogP contribution in [0.1, 0.15) is 10.4 Å². The minimum atomic E-state index is -1.25. The molecule has 0 aliphatic rings. The Balaban J connectivity index is 3.35. The number of hydrogen-bond donors (Lipinski definition) is 1. The van der Waals surface area contributed by atoms with Crippen LogP contribution >= 0.6 is 27.7 Å². The average molecular weight is 265 g/mol. The predicted molar refractivity (Wildman–Crippen MR) is 52.8 cm³/mol. The Morgan fingerprint density at radius 3 is 2.69 bits per heavy atom. The molecule has 5 heteroatoms. The summed E-state index contributed by atoms with van der Waals surface area (Å²) in [5.41, 5.74) is -0.299. The molecule has 0 aliphatic heterocycles. The largest absolute Gasteiger partial charge is 0.478 e. The van der Waals surface area contributed by atoms with Gasteiger partial charge in [-0.25, -0.2) is 9.18 Å². The van der Waals surface area contributed by atoms with Gasteiger partial charge in [-0.15, -0.1) is 11.8 Å². The number of benzene rings is 1. The van der Waals surface area contributed by atoms with Crippen molar-refractivity contribution in [1.29, 1.82) is 0 Å². The first-order chi connectivity index (χ1) is 6.07. The summed E-state index contributed by atoms with van der Waals surface area (Å²) in [6.07, 6.45) is 1.69. The standard InChI is InChI=1S/C8H6BrFO2S/c1-13-7-5(9)3-2-4(6(7)10)8(11)12/h2-3H,1H3,(H,11,12).